The van der Waals surface area contributed by atoms with Gasteiger partial charge in [-0.05, 0) is 12.8 Å². The van der Waals surface area contributed by atoms with Gasteiger partial charge in [0.15, 0.2) is 6.29 Å². The molecule has 11 heteroatoms. The molecule has 0 aliphatic carbocycles. The summed E-state index contributed by atoms with van der Waals surface area (Å²) in [5.74, 6) is -0.694. The highest BCUT2D eigenvalue weighted by Crippen LogP contribution is 2.23. The molecule has 56 heavy (non-hydrogen) atoms. The van der Waals surface area contributed by atoms with Gasteiger partial charge in [-0.3, -0.25) is 4.79 Å². The fourth-order valence-corrected chi connectivity index (χ4v) is 7.74. The second kappa shape index (κ2) is 36.0. The standard InChI is InChI=1S/C45H89NO10/c1-3-5-7-9-11-13-15-16-17-18-19-20-21-22-23-25-27-29-31-33-38(49)44(54)46-36(35-55-45-43(53)42(52)41(51)39(34-47)56-45)40(50)37(48)32-30-28-26-24-14-12-10-8-6-4-2/h36-43,45,47-53H,3-35H2,1-2H3,(H,46,54). The van der Waals surface area contributed by atoms with Gasteiger partial charge in [0.1, 0.15) is 36.6 Å². The Morgan fingerprint density at radius 2 is 0.929 bits per heavy atom. The Morgan fingerprint density at radius 3 is 1.32 bits per heavy atom. The number of carbonyl (C=O) groups excluding carboxylic acids is 1. The molecule has 0 aromatic heterocycles. The van der Waals surface area contributed by atoms with Gasteiger partial charge in [-0.2, -0.15) is 0 Å². The molecular weight excluding hydrogens is 714 g/mol. The van der Waals surface area contributed by atoms with Crippen molar-refractivity contribution in [3.63, 3.8) is 0 Å². The van der Waals surface area contributed by atoms with Gasteiger partial charge >= 0.3 is 0 Å². The molecule has 1 fully saturated rings. The van der Waals surface area contributed by atoms with Crippen molar-refractivity contribution in [1.29, 1.82) is 0 Å². The van der Waals surface area contributed by atoms with Crippen molar-refractivity contribution in [1.82, 2.24) is 5.32 Å². The molecule has 1 aliphatic rings. The molecule has 0 radical (unpaired) electrons. The maximum Gasteiger partial charge on any atom is 0.249 e. The van der Waals surface area contributed by atoms with Crippen molar-refractivity contribution in [3.8, 4) is 0 Å². The third kappa shape index (κ3) is 25.6. The lowest BCUT2D eigenvalue weighted by molar-refractivity contribution is -0.303. The number of aliphatic hydroxyl groups excluding tert-OH is 7. The molecule has 8 N–H and O–H groups in total. The van der Waals surface area contributed by atoms with Crippen LogP contribution in [0.1, 0.15) is 213 Å². The van der Waals surface area contributed by atoms with E-state index in [1.54, 1.807) is 0 Å². The number of aliphatic hydroxyl groups is 7. The van der Waals surface area contributed by atoms with Gasteiger partial charge in [0, 0.05) is 0 Å². The molecule has 1 heterocycles. The summed E-state index contributed by atoms with van der Waals surface area (Å²) in [6.45, 7) is 3.43. The van der Waals surface area contributed by atoms with E-state index >= 15 is 0 Å². The molecule has 334 valence electrons. The van der Waals surface area contributed by atoms with Crippen LogP contribution in [0.2, 0.25) is 0 Å². The van der Waals surface area contributed by atoms with E-state index in [0.29, 0.717) is 19.3 Å². The number of hydrogen-bond donors (Lipinski definition) is 8. The average molecular weight is 804 g/mol. The van der Waals surface area contributed by atoms with Crippen LogP contribution in [0.5, 0.6) is 0 Å². The fourth-order valence-electron chi connectivity index (χ4n) is 7.74. The first-order valence-corrected chi connectivity index (χ1v) is 23.4. The van der Waals surface area contributed by atoms with Crippen LogP contribution in [0, 0.1) is 0 Å². The molecule has 1 rings (SSSR count). The minimum absolute atomic E-state index is 0.266. The molecule has 1 saturated heterocycles. The van der Waals surface area contributed by atoms with Gasteiger partial charge in [0.2, 0.25) is 5.91 Å². The second-order valence-corrected chi connectivity index (χ2v) is 16.8. The molecule has 1 aliphatic heterocycles. The largest absolute Gasteiger partial charge is 0.394 e. The highest BCUT2D eigenvalue weighted by atomic mass is 16.7. The van der Waals surface area contributed by atoms with Crippen LogP contribution in [-0.4, -0.2) is 110 Å². The SMILES string of the molecule is CCCCCCCCCCCCCCCCCCCCCC(O)C(=O)NC(COC1OC(CO)C(O)C(O)C1O)C(O)C(O)CCCCCCCCCCCC. The number of amides is 1. The van der Waals surface area contributed by atoms with Crippen molar-refractivity contribution >= 4 is 5.91 Å². The van der Waals surface area contributed by atoms with Crippen LogP contribution in [0.25, 0.3) is 0 Å². The smallest absolute Gasteiger partial charge is 0.249 e. The van der Waals surface area contributed by atoms with Crippen molar-refractivity contribution < 1.29 is 50.0 Å². The van der Waals surface area contributed by atoms with E-state index in [9.17, 15) is 40.5 Å². The number of rotatable bonds is 39. The summed E-state index contributed by atoms with van der Waals surface area (Å²) in [5.41, 5.74) is 0. The van der Waals surface area contributed by atoms with Gasteiger partial charge in [0.05, 0.1) is 25.4 Å². The summed E-state index contributed by atoms with van der Waals surface area (Å²) in [6, 6.07) is -1.16. The summed E-state index contributed by atoms with van der Waals surface area (Å²) in [6.07, 6.45) is 24.5. The van der Waals surface area contributed by atoms with Crippen LogP contribution in [0.15, 0.2) is 0 Å². The highest BCUT2D eigenvalue weighted by molar-refractivity contribution is 5.80. The quantitative estimate of drug-likeness (QED) is 0.0289. The summed E-state index contributed by atoms with van der Waals surface area (Å²) in [7, 11) is 0. The number of ether oxygens (including phenoxy) is 2. The average Bonchev–Trinajstić information content (AvgIpc) is 3.20. The lowest BCUT2D eigenvalue weighted by atomic mass is 9.98. The molecule has 11 nitrogen and oxygen atoms in total. The first kappa shape index (κ1) is 53.1. The molecule has 0 aromatic carbocycles. The maximum atomic E-state index is 13.1. The molecule has 1 amide bonds. The van der Waals surface area contributed by atoms with Gasteiger partial charge in [-0.15, -0.1) is 0 Å². The Labute approximate surface area is 341 Å². The van der Waals surface area contributed by atoms with E-state index in [2.05, 4.69) is 19.2 Å². The summed E-state index contributed by atoms with van der Waals surface area (Å²) >= 11 is 0. The van der Waals surface area contributed by atoms with E-state index < -0.39 is 74.2 Å². The first-order valence-electron chi connectivity index (χ1n) is 23.4. The fraction of sp³-hybridized carbons (Fsp3) is 0.978. The Bertz CT molecular complexity index is 882. The van der Waals surface area contributed by atoms with Gasteiger partial charge in [-0.25, -0.2) is 0 Å². The lowest BCUT2D eigenvalue weighted by Gasteiger charge is -2.40. The highest BCUT2D eigenvalue weighted by Gasteiger charge is 2.44. The normalized spacial score (nSPS) is 22.2. The zero-order chi connectivity index (χ0) is 41.2. The van der Waals surface area contributed by atoms with Crippen molar-refractivity contribution in [2.75, 3.05) is 13.2 Å². The molecule has 0 saturated carbocycles. The second-order valence-electron chi connectivity index (χ2n) is 16.8. The van der Waals surface area contributed by atoms with Gasteiger partial charge < -0.3 is 50.5 Å². The third-order valence-corrected chi connectivity index (χ3v) is 11.7. The number of carbonyl (C=O) groups is 1. The summed E-state index contributed by atoms with van der Waals surface area (Å²) in [5, 5.41) is 75.5. The zero-order valence-corrected chi connectivity index (χ0v) is 35.9. The number of hydrogen-bond acceptors (Lipinski definition) is 10. The third-order valence-electron chi connectivity index (χ3n) is 11.7. The molecule has 0 aromatic rings. The number of nitrogens with one attached hydrogen (secondary N) is 1. The van der Waals surface area contributed by atoms with E-state index in [1.807, 2.05) is 0 Å². The van der Waals surface area contributed by atoms with Crippen LogP contribution >= 0.6 is 0 Å². The van der Waals surface area contributed by atoms with Crippen LogP contribution in [0.4, 0.5) is 0 Å². The monoisotopic (exact) mass is 804 g/mol. The molecule has 0 spiro atoms. The Hall–Kier alpha value is -0.890. The van der Waals surface area contributed by atoms with Crippen LogP contribution in [0.3, 0.4) is 0 Å². The molecule has 9 atom stereocenters. The minimum atomic E-state index is -1.65. The van der Waals surface area contributed by atoms with Crippen molar-refractivity contribution in [2.45, 2.75) is 268 Å². The van der Waals surface area contributed by atoms with E-state index in [-0.39, 0.29) is 6.42 Å². The first-order chi connectivity index (χ1) is 27.2. The summed E-state index contributed by atoms with van der Waals surface area (Å²) in [4.78, 5) is 13.1. The summed E-state index contributed by atoms with van der Waals surface area (Å²) < 4.78 is 11.1. The maximum absolute atomic E-state index is 13.1. The Balaban J connectivity index is 2.39. The predicted molar refractivity (Wildman–Crippen MR) is 224 cm³/mol. The lowest BCUT2D eigenvalue weighted by Crippen LogP contribution is -2.60. The van der Waals surface area contributed by atoms with E-state index in [4.69, 9.17) is 9.47 Å². The molecular formula is C45H89NO10. The minimum Gasteiger partial charge on any atom is -0.394 e. The van der Waals surface area contributed by atoms with E-state index in [0.717, 1.165) is 38.5 Å². The predicted octanol–water partition coefficient (Wildman–Crippen LogP) is 7.50. The van der Waals surface area contributed by atoms with Crippen molar-refractivity contribution in [3.05, 3.63) is 0 Å². The molecule has 9 unspecified atom stereocenters. The topological polar surface area (TPSA) is 189 Å². The van der Waals surface area contributed by atoms with Crippen molar-refractivity contribution in [2.24, 2.45) is 0 Å². The molecule has 0 bridgehead atoms. The van der Waals surface area contributed by atoms with Gasteiger partial charge in [-0.1, -0.05) is 200 Å². The Morgan fingerprint density at radius 1 is 0.554 bits per heavy atom. The van der Waals surface area contributed by atoms with E-state index in [1.165, 1.54) is 135 Å². The Kier molecular flexibility index (Phi) is 34.2. The number of unbranched alkanes of at least 4 members (excludes halogenated alkanes) is 27. The van der Waals surface area contributed by atoms with Gasteiger partial charge in [0.25, 0.3) is 0 Å². The van der Waals surface area contributed by atoms with Crippen LogP contribution < -0.4 is 5.32 Å². The zero-order valence-electron chi connectivity index (χ0n) is 35.9. The van der Waals surface area contributed by atoms with Crippen LogP contribution in [-0.2, 0) is 14.3 Å².